The average molecular weight is 358 g/mol. The molecular formula is C18H22N4O2S. The van der Waals surface area contributed by atoms with E-state index < -0.39 is 0 Å². The third-order valence-electron chi connectivity index (χ3n) is 3.81. The highest BCUT2D eigenvalue weighted by Crippen LogP contribution is 2.20. The van der Waals surface area contributed by atoms with Crippen LogP contribution in [0.4, 0.5) is 0 Å². The molecule has 0 saturated carbocycles. The lowest BCUT2D eigenvalue weighted by Crippen LogP contribution is -2.29. The lowest BCUT2D eigenvalue weighted by molar-refractivity contribution is -0.115. The molecule has 1 aromatic heterocycles. The predicted octanol–water partition coefficient (Wildman–Crippen LogP) is 2.77. The van der Waals surface area contributed by atoms with Crippen molar-refractivity contribution in [1.82, 2.24) is 15.6 Å². The molecule has 1 atom stereocenters. The number of aliphatic imine (C=N–C) groups is 1. The van der Waals surface area contributed by atoms with Crippen LogP contribution in [-0.2, 0) is 9.53 Å². The molecule has 0 spiro atoms. The number of methoxy groups -OCH3 is 1. The van der Waals surface area contributed by atoms with Crippen LogP contribution in [0.3, 0.4) is 0 Å². The minimum absolute atomic E-state index is 0.0145. The molecule has 1 aromatic carbocycles. The van der Waals surface area contributed by atoms with Gasteiger partial charge >= 0.3 is 0 Å². The molecule has 2 aromatic rings. The van der Waals surface area contributed by atoms with E-state index in [0.29, 0.717) is 24.2 Å². The van der Waals surface area contributed by atoms with Crippen molar-refractivity contribution in [2.45, 2.75) is 26.3 Å². The summed E-state index contributed by atoms with van der Waals surface area (Å²) in [5.41, 5.74) is 4.22. The summed E-state index contributed by atoms with van der Waals surface area (Å²) < 4.78 is 6.33. The molecule has 132 valence electrons. The number of aromatic nitrogens is 1. The minimum Gasteiger partial charge on any atom is -0.382 e. The van der Waals surface area contributed by atoms with E-state index in [4.69, 9.17) is 4.74 Å². The molecule has 7 heteroatoms. The first kappa shape index (κ1) is 17.6. The minimum atomic E-state index is -0.177. The van der Waals surface area contributed by atoms with Gasteiger partial charge in [0.15, 0.2) is 0 Å². The highest BCUT2D eigenvalue weighted by molar-refractivity contribution is 7.16. The van der Waals surface area contributed by atoms with E-state index in [1.807, 2.05) is 29.8 Å². The molecule has 0 bridgehead atoms. The molecule has 2 N–H and O–H groups in total. The number of guanidine groups is 1. The molecule has 1 unspecified atom stereocenters. The van der Waals surface area contributed by atoms with Gasteiger partial charge in [-0.25, -0.2) is 9.98 Å². The lowest BCUT2D eigenvalue weighted by Gasteiger charge is -2.14. The molecule has 1 saturated heterocycles. The highest BCUT2D eigenvalue weighted by atomic mass is 32.1. The van der Waals surface area contributed by atoms with Gasteiger partial charge in [0.05, 0.1) is 28.4 Å². The van der Waals surface area contributed by atoms with Crippen LogP contribution < -0.4 is 10.6 Å². The van der Waals surface area contributed by atoms with E-state index in [2.05, 4.69) is 34.5 Å². The van der Waals surface area contributed by atoms with Crippen molar-refractivity contribution in [3.8, 4) is 0 Å². The van der Waals surface area contributed by atoms with E-state index in [1.54, 1.807) is 18.4 Å². The van der Waals surface area contributed by atoms with Crippen molar-refractivity contribution >= 4 is 39.5 Å². The number of nitrogens with one attached hydrogen (secondary N) is 2. The Morgan fingerprint density at radius 1 is 1.36 bits per heavy atom. The monoisotopic (exact) mass is 358 g/mol. The fourth-order valence-electron chi connectivity index (χ4n) is 2.76. The topological polar surface area (TPSA) is 75.6 Å². The molecule has 6 nitrogen and oxygen atoms in total. The third kappa shape index (κ3) is 4.43. The van der Waals surface area contributed by atoms with Crippen molar-refractivity contribution in [3.05, 3.63) is 35.0 Å². The number of nitrogens with zero attached hydrogens (tertiary/aromatic N) is 2. The van der Waals surface area contributed by atoms with Crippen molar-refractivity contribution < 1.29 is 9.53 Å². The number of carbonyl (C=O) groups is 1. The number of hydrogen-bond acceptors (Lipinski definition) is 5. The summed E-state index contributed by atoms with van der Waals surface area (Å²) in [6.45, 7) is 4.81. The van der Waals surface area contributed by atoms with E-state index in [1.165, 1.54) is 0 Å². The molecule has 0 aliphatic carbocycles. The Hall–Kier alpha value is -2.25. The number of benzene rings is 1. The van der Waals surface area contributed by atoms with Gasteiger partial charge < -0.3 is 10.1 Å². The zero-order chi connectivity index (χ0) is 17.8. The van der Waals surface area contributed by atoms with Crippen molar-refractivity contribution in [2.24, 2.45) is 10.9 Å². The van der Waals surface area contributed by atoms with Gasteiger partial charge in [-0.1, -0.05) is 19.9 Å². The maximum atomic E-state index is 12.2. The number of carbonyl (C=O) groups excluding carboxylic acids is 1. The number of ether oxygens (including phenoxy) is 1. The lowest BCUT2D eigenvalue weighted by atomic mass is 10.1. The van der Waals surface area contributed by atoms with Gasteiger partial charge in [0, 0.05) is 7.11 Å². The largest absolute Gasteiger partial charge is 0.382 e. The van der Waals surface area contributed by atoms with Gasteiger partial charge in [0.1, 0.15) is 5.70 Å². The fraction of sp³-hybridized carbons (Fsp3) is 0.389. The first-order valence-corrected chi connectivity index (χ1v) is 9.13. The van der Waals surface area contributed by atoms with Crippen molar-refractivity contribution in [1.29, 1.82) is 0 Å². The molecule has 1 amide bonds. The van der Waals surface area contributed by atoms with Crippen LogP contribution >= 0.6 is 11.3 Å². The quantitative estimate of drug-likeness (QED) is 0.779. The second-order valence-electron chi connectivity index (χ2n) is 6.43. The summed E-state index contributed by atoms with van der Waals surface area (Å²) in [6, 6.07) is 5.94. The Bertz CT molecular complexity index is 825. The molecule has 0 radical (unpaired) electrons. The number of thiazole rings is 1. The number of rotatable bonds is 6. The fourth-order valence-corrected chi connectivity index (χ4v) is 3.49. The number of amides is 1. The van der Waals surface area contributed by atoms with E-state index in [0.717, 1.165) is 22.2 Å². The van der Waals surface area contributed by atoms with Crippen LogP contribution in [0.5, 0.6) is 0 Å². The summed E-state index contributed by atoms with van der Waals surface area (Å²) in [5.74, 6) is 0.810. The molecule has 1 aliphatic heterocycles. The molecule has 1 fully saturated rings. The second kappa shape index (κ2) is 7.76. The third-order valence-corrected chi connectivity index (χ3v) is 4.60. The first-order valence-electron chi connectivity index (χ1n) is 8.25. The predicted molar refractivity (Wildman–Crippen MR) is 101 cm³/mol. The Balaban J connectivity index is 1.77. The van der Waals surface area contributed by atoms with Gasteiger partial charge in [-0.2, -0.15) is 0 Å². The highest BCUT2D eigenvalue weighted by Gasteiger charge is 2.23. The normalized spacial score (nSPS) is 19.0. The van der Waals surface area contributed by atoms with Gasteiger partial charge in [0.25, 0.3) is 5.91 Å². The van der Waals surface area contributed by atoms with Crippen LogP contribution in [-0.4, -0.2) is 36.6 Å². The van der Waals surface area contributed by atoms with Crippen LogP contribution in [0, 0.1) is 5.92 Å². The Kier molecular flexibility index (Phi) is 5.45. The Morgan fingerprint density at radius 2 is 2.20 bits per heavy atom. The van der Waals surface area contributed by atoms with Gasteiger partial charge in [0.2, 0.25) is 5.96 Å². The van der Waals surface area contributed by atoms with Gasteiger partial charge in [-0.05, 0) is 36.1 Å². The maximum Gasteiger partial charge on any atom is 0.274 e. The maximum absolute atomic E-state index is 12.2. The number of fused-ring (bicyclic) bond motifs is 1. The zero-order valence-electron chi connectivity index (χ0n) is 14.6. The SMILES string of the molecule is COCC(CC(C)C)N=C1NC(=O)C(=Cc2ccc3ncsc3c2)N1. The molecule has 3 rings (SSSR count). The van der Waals surface area contributed by atoms with Crippen LogP contribution in [0.2, 0.25) is 0 Å². The van der Waals surface area contributed by atoms with Crippen LogP contribution in [0.1, 0.15) is 25.8 Å². The van der Waals surface area contributed by atoms with E-state index in [9.17, 15) is 4.79 Å². The van der Waals surface area contributed by atoms with Crippen molar-refractivity contribution in [2.75, 3.05) is 13.7 Å². The summed E-state index contributed by atoms with van der Waals surface area (Å²) in [7, 11) is 1.66. The molecular weight excluding hydrogens is 336 g/mol. The number of hydrogen-bond donors (Lipinski definition) is 2. The van der Waals surface area contributed by atoms with Gasteiger partial charge in [-0.3, -0.25) is 10.1 Å². The average Bonchev–Trinajstić information content (AvgIpc) is 3.13. The van der Waals surface area contributed by atoms with E-state index in [-0.39, 0.29) is 11.9 Å². The standard InChI is InChI=1S/C18H22N4O2S/c1-11(2)6-13(9-24-3)20-18-21-15(17(23)22-18)7-12-4-5-14-16(8-12)25-10-19-14/h4-5,7-8,10-11,13H,6,9H2,1-3H3,(H2,20,21,22,23). The van der Waals surface area contributed by atoms with Gasteiger partial charge in [-0.15, -0.1) is 11.3 Å². The molecule has 1 aliphatic rings. The smallest absolute Gasteiger partial charge is 0.274 e. The second-order valence-corrected chi connectivity index (χ2v) is 7.32. The van der Waals surface area contributed by atoms with Crippen molar-refractivity contribution in [3.63, 3.8) is 0 Å². The molecule has 2 heterocycles. The molecule has 25 heavy (non-hydrogen) atoms. The summed E-state index contributed by atoms with van der Waals surface area (Å²) in [6.07, 6.45) is 2.72. The zero-order valence-corrected chi connectivity index (χ0v) is 15.4. The summed E-state index contributed by atoms with van der Waals surface area (Å²) in [4.78, 5) is 21.1. The summed E-state index contributed by atoms with van der Waals surface area (Å²) >= 11 is 1.58. The summed E-state index contributed by atoms with van der Waals surface area (Å²) in [5, 5.41) is 5.86. The Morgan fingerprint density at radius 3 is 2.96 bits per heavy atom. The Labute approximate surface area is 151 Å². The van der Waals surface area contributed by atoms with Crippen LogP contribution in [0.25, 0.3) is 16.3 Å². The first-order chi connectivity index (χ1) is 12.0. The van der Waals surface area contributed by atoms with Crippen LogP contribution in [0.15, 0.2) is 34.4 Å². The van der Waals surface area contributed by atoms with E-state index >= 15 is 0 Å².